The summed E-state index contributed by atoms with van der Waals surface area (Å²) >= 11 is 6.78. The van der Waals surface area contributed by atoms with Gasteiger partial charge in [0.25, 0.3) is 0 Å². The van der Waals surface area contributed by atoms with Crippen molar-refractivity contribution >= 4 is 11.6 Å². The van der Waals surface area contributed by atoms with Crippen molar-refractivity contribution < 1.29 is 29.9 Å². The highest BCUT2D eigenvalue weighted by molar-refractivity contribution is 6.32. The minimum atomic E-state index is -1.45. The fraction of sp³-hybridized carbons (Fsp3) is 0.500. The third-order valence-electron chi connectivity index (χ3n) is 6.25. The van der Waals surface area contributed by atoms with Crippen molar-refractivity contribution in [2.75, 3.05) is 13.2 Å². The molecule has 168 valence electrons. The Morgan fingerprint density at radius 2 is 1.74 bits per heavy atom. The Balaban J connectivity index is 1.75. The fourth-order valence-corrected chi connectivity index (χ4v) is 4.71. The molecule has 2 aliphatic rings. The first-order chi connectivity index (χ1) is 14.9. The number of aliphatic hydroxyl groups excluding tert-OH is 4. The molecule has 31 heavy (non-hydrogen) atoms. The van der Waals surface area contributed by atoms with Gasteiger partial charge in [-0.15, -0.1) is 0 Å². The van der Waals surface area contributed by atoms with Gasteiger partial charge in [0.2, 0.25) is 0 Å². The van der Waals surface area contributed by atoms with Crippen molar-refractivity contribution in [3.8, 4) is 5.75 Å². The van der Waals surface area contributed by atoms with Crippen LogP contribution >= 0.6 is 11.6 Å². The molecule has 6 nitrogen and oxygen atoms in total. The van der Waals surface area contributed by atoms with Crippen LogP contribution in [0.2, 0.25) is 5.02 Å². The second-order valence-corrected chi connectivity index (χ2v) is 8.67. The average molecular weight is 449 g/mol. The van der Waals surface area contributed by atoms with Crippen LogP contribution in [0.5, 0.6) is 5.75 Å². The van der Waals surface area contributed by atoms with Crippen molar-refractivity contribution in [1.82, 2.24) is 0 Å². The van der Waals surface area contributed by atoms with Gasteiger partial charge in [-0.3, -0.25) is 0 Å². The summed E-state index contributed by atoms with van der Waals surface area (Å²) in [6.07, 6.45) is -3.03. The summed E-state index contributed by atoms with van der Waals surface area (Å²) in [5.74, 6) is 0.561. The second kappa shape index (κ2) is 9.45. The quantitative estimate of drug-likeness (QED) is 0.560. The minimum Gasteiger partial charge on any atom is -0.493 e. The van der Waals surface area contributed by atoms with Crippen LogP contribution in [0.15, 0.2) is 30.3 Å². The summed E-state index contributed by atoms with van der Waals surface area (Å²) in [4.78, 5) is 0. The molecule has 0 saturated carbocycles. The zero-order valence-corrected chi connectivity index (χ0v) is 18.3. The van der Waals surface area contributed by atoms with Gasteiger partial charge in [-0.25, -0.2) is 0 Å². The Bertz CT molecular complexity index is 913. The van der Waals surface area contributed by atoms with Gasteiger partial charge in [-0.1, -0.05) is 42.8 Å². The second-order valence-electron chi connectivity index (χ2n) is 8.29. The first-order valence-electron chi connectivity index (χ1n) is 10.8. The highest BCUT2D eigenvalue weighted by atomic mass is 35.5. The first kappa shape index (κ1) is 22.5. The van der Waals surface area contributed by atoms with E-state index in [9.17, 15) is 20.4 Å². The topological polar surface area (TPSA) is 99.4 Å². The van der Waals surface area contributed by atoms with Crippen LogP contribution in [0.25, 0.3) is 0 Å². The summed E-state index contributed by atoms with van der Waals surface area (Å²) in [5, 5.41) is 41.3. The van der Waals surface area contributed by atoms with E-state index in [1.807, 2.05) is 6.07 Å². The van der Waals surface area contributed by atoms with E-state index in [1.165, 1.54) is 5.56 Å². The maximum atomic E-state index is 10.7. The summed E-state index contributed by atoms with van der Waals surface area (Å²) in [6.45, 7) is 2.16. The molecular weight excluding hydrogens is 420 g/mol. The lowest BCUT2D eigenvalue weighted by Crippen LogP contribution is -2.55. The molecule has 2 aliphatic heterocycles. The van der Waals surface area contributed by atoms with Gasteiger partial charge in [0.1, 0.15) is 36.3 Å². The number of aryl methyl sites for hydroxylation is 1. The Morgan fingerprint density at radius 1 is 1.03 bits per heavy atom. The van der Waals surface area contributed by atoms with E-state index in [0.29, 0.717) is 29.4 Å². The van der Waals surface area contributed by atoms with Crippen LogP contribution in [0.3, 0.4) is 0 Å². The molecule has 0 unspecified atom stereocenters. The molecule has 0 aliphatic carbocycles. The van der Waals surface area contributed by atoms with E-state index in [1.54, 1.807) is 0 Å². The van der Waals surface area contributed by atoms with E-state index >= 15 is 0 Å². The standard InChI is InChI=1S/C24H29ClO6/c1-2-13-5-7-14(8-6-13)10-15-11-17(23-16(19(15)25)4-3-9-30-23)24-22(29)21(28)20(27)18(12-26)31-24/h5-8,11,18,20-22,24,26-29H,2-4,9-10,12H2,1H3/t18-,20+,21+,22+,24+/m1/s1. The molecule has 5 atom stereocenters. The van der Waals surface area contributed by atoms with Gasteiger partial charge in [0.05, 0.1) is 18.2 Å². The molecule has 2 heterocycles. The molecule has 0 bridgehead atoms. The molecule has 4 N–H and O–H groups in total. The molecule has 2 aromatic carbocycles. The largest absolute Gasteiger partial charge is 0.493 e. The van der Waals surface area contributed by atoms with Crippen molar-refractivity contribution in [1.29, 1.82) is 0 Å². The number of hydrogen-bond acceptors (Lipinski definition) is 6. The monoisotopic (exact) mass is 448 g/mol. The van der Waals surface area contributed by atoms with Gasteiger partial charge in [-0.2, -0.15) is 0 Å². The van der Waals surface area contributed by atoms with Crippen LogP contribution in [-0.4, -0.2) is 58.1 Å². The number of benzene rings is 2. The number of hydrogen-bond donors (Lipinski definition) is 4. The van der Waals surface area contributed by atoms with Gasteiger partial charge in [-0.05, 0) is 48.4 Å². The highest BCUT2D eigenvalue weighted by Gasteiger charge is 2.45. The Morgan fingerprint density at radius 3 is 2.42 bits per heavy atom. The molecule has 0 radical (unpaired) electrons. The van der Waals surface area contributed by atoms with Crippen molar-refractivity contribution in [3.05, 3.63) is 63.2 Å². The molecule has 7 heteroatoms. The summed E-state index contributed by atoms with van der Waals surface area (Å²) in [6, 6.07) is 10.2. The number of aliphatic hydroxyl groups is 4. The SMILES string of the molecule is CCc1ccc(Cc2cc([C@@H]3O[C@H](CO)[C@H](O)[C@H](O)[C@@H]3O)c3c(c2Cl)CCCO3)cc1. The van der Waals surface area contributed by atoms with Crippen LogP contribution in [0, 0.1) is 0 Å². The number of rotatable bonds is 5. The third-order valence-corrected chi connectivity index (χ3v) is 6.73. The number of fused-ring (bicyclic) bond motifs is 1. The number of halogens is 1. The minimum absolute atomic E-state index is 0.477. The maximum Gasteiger partial charge on any atom is 0.129 e. The first-order valence-corrected chi connectivity index (χ1v) is 11.2. The lowest BCUT2D eigenvalue weighted by Gasteiger charge is -2.41. The Kier molecular flexibility index (Phi) is 6.86. The third kappa shape index (κ3) is 4.33. The molecule has 1 fully saturated rings. The van der Waals surface area contributed by atoms with E-state index in [-0.39, 0.29) is 0 Å². The molecule has 4 rings (SSSR count). The van der Waals surface area contributed by atoms with Gasteiger partial charge >= 0.3 is 0 Å². The summed E-state index contributed by atoms with van der Waals surface area (Å²) < 4.78 is 11.7. The molecule has 2 aromatic rings. The Labute approximate surface area is 187 Å². The van der Waals surface area contributed by atoms with E-state index < -0.39 is 37.1 Å². The summed E-state index contributed by atoms with van der Waals surface area (Å²) in [5.41, 5.74) is 4.69. The molecule has 0 spiro atoms. The van der Waals surface area contributed by atoms with Crippen LogP contribution in [0.1, 0.15) is 47.3 Å². The van der Waals surface area contributed by atoms with Crippen LogP contribution in [-0.2, 0) is 24.0 Å². The predicted octanol–water partition coefficient (Wildman–Crippen LogP) is 2.33. The lowest BCUT2D eigenvalue weighted by atomic mass is 9.87. The van der Waals surface area contributed by atoms with Crippen LogP contribution < -0.4 is 4.74 Å². The smallest absolute Gasteiger partial charge is 0.129 e. The molecule has 0 amide bonds. The molecule has 1 saturated heterocycles. The van der Waals surface area contributed by atoms with E-state index in [2.05, 4.69) is 31.2 Å². The normalized spacial score (nSPS) is 28.1. The fourth-order valence-electron chi connectivity index (χ4n) is 4.41. The van der Waals surface area contributed by atoms with Gasteiger partial charge in [0.15, 0.2) is 0 Å². The molecule has 0 aromatic heterocycles. The zero-order valence-electron chi connectivity index (χ0n) is 17.5. The number of ether oxygens (including phenoxy) is 2. The van der Waals surface area contributed by atoms with Crippen molar-refractivity contribution in [3.63, 3.8) is 0 Å². The zero-order chi connectivity index (χ0) is 22.1. The van der Waals surface area contributed by atoms with E-state index in [0.717, 1.165) is 36.0 Å². The van der Waals surface area contributed by atoms with Crippen molar-refractivity contribution in [2.24, 2.45) is 0 Å². The Hall–Kier alpha value is -1.67. The van der Waals surface area contributed by atoms with Crippen LogP contribution in [0.4, 0.5) is 0 Å². The lowest BCUT2D eigenvalue weighted by molar-refractivity contribution is -0.232. The van der Waals surface area contributed by atoms with Gasteiger partial charge < -0.3 is 29.9 Å². The highest BCUT2D eigenvalue weighted by Crippen LogP contribution is 2.44. The average Bonchev–Trinajstić information content (AvgIpc) is 2.80. The van der Waals surface area contributed by atoms with E-state index in [4.69, 9.17) is 21.1 Å². The summed E-state index contributed by atoms with van der Waals surface area (Å²) in [7, 11) is 0. The van der Waals surface area contributed by atoms with Gasteiger partial charge in [0, 0.05) is 11.1 Å². The predicted molar refractivity (Wildman–Crippen MR) is 117 cm³/mol. The molecular formula is C24H29ClO6. The van der Waals surface area contributed by atoms with Crippen molar-refractivity contribution in [2.45, 2.75) is 63.1 Å². The maximum absolute atomic E-state index is 10.7.